The van der Waals surface area contributed by atoms with Gasteiger partial charge in [0.1, 0.15) is 35.3 Å². The average molecular weight is 675 g/mol. The minimum absolute atomic E-state index is 0.0164. The van der Waals surface area contributed by atoms with Crippen LogP contribution in [-0.2, 0) is 16.4 Å². The summed E-state index contributed by atoms with van der Waals surface area (Å²) in [5.74, 6) is 0.686. The molecule has 0 aliphatic carbocycles. The first kappa shape index (κ1) is 31.5. The summed E-state index contributed by atoms with van der Waals surface area (Å²) in [6.07, 6.45) is 3.12. The van der Waals surface area contributed by atoms with Crippen molar-refractivity contribution in [2.75, 3.05) is 17.6 Å². The number of pyridine rings is 1. The van der Waals surface area contributed by atoms with Gasteiger partial charge in [-0.25, -0.2) is 27.8 Å². The van der Waals surface area contributed by atoms with Gasteiger partial charge in [-0.15, -0.1) is 11.3 Å². The lowest BCUT2D eigenvalue weighted by Crippen LogP contribution is -2.25. The Labute approximate surface area is 274 Å². The van der Waals surface area contributed by atoms with Gasteiger partial charge in [-0.3, -0.25) is 4.98 Å². The van der Waals surface area contributed by atoms with E-state index in [9.17, 15) is 12.8 Å². The van der Waals surface area contributed by atoms with E-state index in [0.29, 0.717) is 49.6 Å². The van der Waals surface area contributed by atoms with Gasteiger partial charge in [0.25, 0.3) is 0 Å². The van der Waals surface area contributed by atoms with Gasteiger partial charge in [0.2, 0.25) is 0 Å². The molecule has 3 aromatic carbocycles. The van der Waals surface area contributed by atoms with E-state index in [-0.39, 0.29) is 30.8 Å². The van der Waals surface area contributed by atoms with Gasteiger partial charge in [-0.05, 0) is 61.0 Å². The lowest BCUT2D eigenvalue weighted by atomic mass is 10.2. The number of hydrogen-bond acceptors (Lipinski definition) is 10. The minimum atomic E-state index is -3.37. The maximum Gasteiger partial charge on any atom is 0.179 e. The van der Waals surface area contributed by atoms with Gasteiger partial charge < -0.3 is 15.4 Å². The number of nitrogens with one attached hydrogen (secondary N) is 2. The summed E-state index contributed by atoms with van der Waals surface area (Å²) in [6.45, 7) is 2.42. The SMILES string of the molecule is CC(NCCS(=O)(=O)c1ccccc1)c1nc(-c2cc3c(Nc4ccc(OCc5cccc(F)c5)c(Cl)c4)ncnc3cn2)cs1. The predicted molar refractivity (Wildman–Crippen MR) is 179 cm³/mol. The zero-order chi connectivity index (χ0) is 32.1. The summed E-state index contributed by atoms with van der Waals surface area (Å²) in [6, 6.07) is 21.6. The highest BCUT2D eigenvalue weighted by atomic mass is 35.5. The van der Waals surface area contributed by atoms with E-state index in [1.807, 2.05) is 24.4 Å². The maximum absolute atomic E-state index is 13.5. The third-order valence-electron chi connectivity index (χ3n) is 7.08. The molecule has 0 aliphatic heterocycles. The van der Waals surface area contributed by atoms with E-state index in [2.05, 4.69) is 25.6 Å². The van der Waals surface area contributed by atoms with Crippen molar-refractivity contribution >= 4 is 55.2 Å². The molecule has 0 fully saturated rings. The molecule has 0 aliphatic rings. The summed E-state index contributed by atoms with van der Waals surface area (Å²) in [4.78, 5) is 18.5. The van der Waals surface area contributed by atoms with E-state index < -0.39 is 9.84 Å². The standard InChI is InChI=1S/C33H28ClFN6O3S2/c1-21(36-12-13-46(42,43)25-8-3-2-4-9-25)33-41-30(19-45-33)28-16-26-29(17-37-28)38-20-39-32(26)40-24-10-11-31(27(34)15-24)44-18-22-6-5-7-23(35)14-22/h2-11,14-17,19-21,36H,12-13,18H2,1H3,(H,38,39,40). The molecule has 1 atom stereocenters. The highest BCUT2D eigenvalue weighted by Crippen LogP contribution is 2.32. The first-order valence-corrected chi connectivity index (χ1v) is 17.2. The van der Waals surface area contributed by atoms with E-state index in [4.69, 9.17) is 21.3 Å². The van der Waals surface area contributed by atoms with E-state index in [1.54, 1.807) is 60.8 Å². The largest absolute Gasteiger partial charge is 0.487 e. The molecule has 0 bridgehead atoms. The highest BCUT2D eigenvalue weighted by molar-refractivity contribution is 7.91. The molecule has 9 nitrogen and oxygen atoms in total. The zero-order valence-corrected chi connectivity index (χ0v) is 26.9. The second-order valence-corrected chi connectivity index (χ2v) is 13.8. The Morgan fingerprint density at radius 1 is 0.978 bits per heavy atom. The smallest absolute Gasteiger partial charge is 0.179 e. The van der Waals surface area contributed by atoms with Crippen LogP contribution in [0.1, 0.15) is 23.5 Å². The molecule has 13 heteroatoms. The Morgan fingerprint density at radius 2 is 1.83 bits per heavy atom. The number of halogens is 2. The Balaban J connectivity index is 1.13. The number of anilines is 2. The van der Waals surface area contributed by atoms with Gasteiger partial charge in [0.05, 0.1) is 44.8 Å². The number of hydrogen-bond donors (Lipinski definition) is 2. The van der Waals surface area contributed by atoms with Crippen molar-refractivity contribution in [3.05, 3.63) is 118 Å². The van der Waals surface area contributed by atoms with Crippen molar-refractivity contribution in [3.63, 3.8) is 0 Å². The Morgan fingerprint density at radius 3 is 2.63 bits per heavy atom. The Hall–Kier alpha value is -4.49. The summed E-state index contributed by atoms with van der Waals surface area (Å²) < 4.78 is 44.5. The number of thiazole rings is 1. The molecule has 3 aromatic heterocycles. The van der Waals surface area contributed by atoms with Crippen LogP contribution in [0.2, 0.25) is 5.02 Å². The van der Waals surface area contributed by atoms with Crippen LogP contribution in [0.4, 0.5) is 15.9 Å². The predicted octanol–water partition coefficient (Wildman–Crippen LogP) is 7.39. The van der Waals surface area contributed by atoms with E-state index in [1.165, 1.54) is 29.8 Å². The summed E-state index contributed by atoms with van der Waals surface area (Å²) in [7, 11) is -3.37. The molecule has 1 unspecified atom stereocenters. The van der Waals surface area contributed by atoms with Crippen LogP contribution in [-0.4, -0.2) is 40.7 Å². The normalized spacial score (nSPS) is 12.2. The lowest BCUT2D eigenvalue weighted by molar-refractivity contribution is 0.306. The molecule has 0 amide bonds. The first-order chi connectivity index (χ1) is 22.2. The van der Waals surface area contributed by atoms with Gasteiger partial charge in [-0.1, -0.05) is 41.9 Å². The van der Waals surface area contributed by atoms with Crippen LogP contribution in [0.3, 0.4) is 0 Å². The molecule has 0 saturated carbocycles. The topological polar surface area (TPSA) is 119 Å². The number of rotatable bonds is 12. The van der Waals surface area contributed by atoms with Crippen molar-refractivity contribution in [1.82, 2.24) is 25.3 Å². The zero-order valence-electron chi connectivity index (χ0n) is 24.5. The van der Waals surface area contributed by atoms with Crippen LogP contribution in [0.5, 0.6) is 5.75 Å². The summed E-state index contributed by atoms with van der Waals surface area (Å²) in [5, 5.41) is 10.4. The number of sulfone groups is 1. The van der Waals surface area contributed by atoms with Crippen LogP contribution >= 0.6 is 22.9 Å². The molecule has 0 spiro atoms. The number of benzene rings is 3. The van der Waals surface area contributed by atoms with Crippen molar-refractivity contribution in [2.45, 2.75) is 24.5 Å². The fourth-order valence-corrected chi connectivity index (χ4v) is 6.94. The van der Waals surface area contributed by atoms with Crippen LogP contribution in [0.15, 0.2) is 102 Å². The monoisotopic (exact) mass is 674 g/mol. The number of nitrogens with zero attached hydrogens (tertiary/aromatic N) is 4. The summed E-state index contributed by atoms with van der Waals surface area (Å²) in [5.41, 5.74) is 3.36. The Kier molecular flexibility index (Phi) is 9.50. The van der Waals surface area contributed by atoms with Crippen LogP contribution < -0.4 is 15.4 Å². The third-order valence-corrected chi connectivity index (χ3v) is 10.1. The first-order valence-electron chi connectivity index (χ1n) is 14.3. The highest BCUT2D eigenvalue weighted by Gasteiger charge is 2.17. The van der Waals surface area contributed by atoms with Crippen molar-refractivity contribution in [2.24, 2.45) is 0 Å². The van der Waals surface area contributed by atoms with Gasteiger partial charge in [0.15, 0.2) is 9.84 Å². The molecule has 0 saturated heterocycles. The van der Waals surface area contributed by atoms with Crippen LogP contribution in [0.25, 0.3) is 22.3 Å². The van der Waals surface area contributed by atoms with Gasteiger partial charge in [-0.2, -0.15) is 0 Å². The molecule has 3 heterocycles. The molecular weight excluding hydrogens is 647 g/mol. The van der Waals surface area contributed by atoms with Crippen molar-refractivity contribution in [3.8, 4) is 17.1 Å². The molecule has 234 valence electrons. The fourth-order valence-electron chi connectivity index (χ4n) is 4.67. The second kappa shape index (κ2) is 13.9. The van der Waals surface area contributed by atoms with E-state index >= 15 is 0 Å². The average Bonchev–Trinajstić information content (AvgIpc) is 3.56. The molecule has 46 heavy (non-hydrogen) atoms. The maximum atomic E-state index is 13.5. The van der Waals surface area contributed by atoms with Crippen LogP contribution in [0, 0.1) is 5.82 Å². The molecule has 0 radical (unpaired) electrons. The molecule has 6 aromatic rings. The van der Waals surface area contributed by atoms with Gasteiger partial charge >= 0.3 is 0 Å². The van der Waals surface area contributed by atoms with E-state index in [0.717, 1.165) is 10.4 Å². The fraction of sp³-hybridized carbons (Fsp3) is 0.152. The quantitative estimate of drug-likeness (QED) is 0.137. The molecule has 6 rings (SSSR count). The van der Waals surface area contributed by atoms with Crippen molar-refractivity contribution < 1.29 is 17.5 Å². The number of ether oxygens (including phenoxy) is 1. The number of aromatic nitrogens is 4. The lowest BCUT2D eigenvalue weighted by Gasteiger charge is -2.12. The van der Waals surface area contributed by atoms with Crippen molar-refractivity contribution in [1.29, 1.82) is 0 Å². The molecule has 2 N–H and O–H groups in total. The molecular formula is C33H28ClFN6O3S2. The van der Waals surface area contributed by atoms with Gasteiger partial charge in [0, 0.05) is 23.0 Å². The second-order valence-electron chi connectivity index (χ2n) is 10.4. The Bertz CT molecular complexity index is 2100. The number of fused-ring (bicyclic) bond motifs is 1. The minimum Gasteiger partial charge on any atom is -0.487 e. The summed E-state index contributed by atoms with van der Waals surface area (Å²) >= 11 is 7.97. The third kappa shape index (κ3) is 7.48.